The number of fused-ring (bicyclic) bond motifs is 1. The largest absolute Gasteiger partial charge is 0.338 e. The van der Waals surface area contributed by atoms with Crippen molar-refractivity contribution in [1.29, 1.82) is 0 Å². The Balaban J connectivity index is 1.64. The summed E-state index contributed by atoms with van der Waals surface area (Å²) in [5.41, 5.74) is 0. The van der Waals surface area contributed by atoms with Crippen LogP contribution in [-0.4, -0.2) is 75.1 Å². The molecule has 3 heterocycles. The summed E-state index contributed by atoms with van der Waals surface area (Å²) in [6, 6.07) is 0.0739. The van der Waals surface area contributed by atoms with E-state index in [0.717, 1.165) is 5.82 Å². The van der Waals surface area contributed by atoms with E-state index in [-0.39, 0.29) is 18.1 Å². The van der Waals surface area contributed by atoms with E-state index in [9.17, 15) is 9.59 Å². The standard InChI is InChI=1S/C14H22N6O2/c1-3-15-13(21)18-6-7-20-11(8-18)9-19(14(20)22)10-12-16-4-5-17(12)2/h4-5,11H,3,6-10H2,1-2H3,(H,15,21). The highest BCUT2D eigenvalue weighted by molar-refractivity contribution is 5.79. The van der Waals surface area contributed by atoms with E-state index in [1.54, 1.807) is 11.1 Å². The summed E-state index contributed by atoms with van der Waals surface area (Å²) < 4.78 is 1.92. The van der Waals surface area contributed by atoms with Gasteiger partial charge in [-0.3, -0.25) is 0 Å². The van der Waals surface area contributed by atoms with Gasteiger partial charge in [0.15, 0.2) is 0 Å². The quantitative estimate of drug-likeness (QED) is 0.859. The number of nitrogens with zero attached hydrogens (tertiary/aromatic N) is 5. The van der Waals surface area contributed by atoms with Crippen molar-refractivity contribution in [3.8, 4) is 0 Å². The van der Waals surface area contributed by atoms with Gasteiger partial charge < -0.3 is 24.6 Å². The number of amides is 4. The predicted molar refractivity (Wildman–Crippen MR) is 80.2 cm³/mol. The molecule has 4 amide bonds. The van der Waals surface area contributed by atoms with Crippen LogP contribution in [0.1, 0.15) is 12.7 Å². The van der Waals surface area contributed by atoms with Crippen molar-refractivity contribution >= 4 is 12.1 Å². The maximum absolute atomic E-state index is 12.5. The number of imidazole rings is 1. The number of piperazine rings is 1. The van der Waals surface area contributed by atoms with E-state index >= 15 is 0 Å². The Morgan fingerprint density at radius 2 is 2.23 bits per heavy atom. The van der Waals surface area contributed by atoms with Crippen LogP contribution in [0.25, 0.3) is 0 Å². The minimum Gasteiger partial charge on any atom is -0.338 e. The van der Waals surface area contributed by atoms with Gasteiger partial charge >= 0.3 is 12.1 Å². The van der Waals surface area contributed by atoms with Crippen LogP contribution in [0.2, 0.25) is 0 Å². The summed E-state index contributed by atoms with van der Waals surface area (Å²) in [4.78, 5) is 34.2. The third-order valence-electron chi connectivity index (χ3n) is 4.30. The van der Waals surface area contributed by atoms with E-state index in [1.165, 1.54) is 0 Å². The molecule has 8 heteroatoms. The van der Waals surface area contributed by atoms with Crippen LogP contribution in [0.15, 0.2) is 12.4 Å². The fraction of sp³-hybridized carbons (Fsp3) is 0.643. The van der Waals surface area contributed by atoms with Gasteiger partial charge in [-0.1, -0.05) is 0 Å². The second-order valence-electron chi connectivity index (χ2n) is 5.75. The monoisotopic (exact) mass is 306 g/mol. The summed E-state index contributed by atoms with van der Waals surface area (Å²) in [5.74, 6) is 0.869. The van der Waals surface area contributed by atoms with Gasteiger partial charge in [0.25, 0.3) is 0 Å². The van der Waals surface area contributed by atoms with E-state index < -0.39 is 0 Å². The maximum atomic E-state index is 12.5. The molecule has 2 aliphatic rings. The molecule has 22 heavy (non-hydrogen) atoms. The predicted octanol–water partition coefficient (Wildman–Crippen LogP) is 0.0714. The molecule has 8 nitrogen and oxygen atoms in total. The topological polar surface area (TPSA) is 73.7 Å². The highest BCUT2D eigenvalue weighted by atomic mass is 16.2. The van der Waals surface area contributed by atoms with Gasteiger partial charge in [0.2, 0.25) is 0 Å². The van der Waals surface area contributed by atoms with E-state index in [1.807, 2.05) is 34.5 Å². The summed E-state index contributed by atoms with van der Waals surface area (Å²) >= 11 is 0. The molecule has 3 rings (SSSR count). The zero-order chi connectivity index (χ0) is 15.7. The van der Waals surface area contributed by atoms with Gasteiger partial charge in [-0.15, -0.1) is 0 Å². The van der Waals surface area contributed by atoms with Crippen molar-refractivity contribution in [2.24, 2.45) is 7.05 Å². The van der Waals surface area contributed by atoms with Crippen molar-refractivity contribution < 1.29 is 9.59 Å². The molecule has 0 spiro atoms. The molecule has 2 saturated heterocycles. The van der Waals surface area contributed by atoms with Crippen LogP contribution in [-0.2, 0) is 13.6 Å². The Bertz CT molecular complexity index is 571. The van der Waals surface area contributed by atoms with Crippen molar-refractivity contribution in [2.75, 3.05) is 32.7 Å². The molecule has 2 aliphatic heterocycles. The molecule has 1 unspecified atom stereocenters. The van der Waals surface area contributed by atoms with Crippen molar-refractivity contribution in [2.45, 2.75) is 19.5 Å². The van der Waals surface area contributed by atoms with Crippen molar-refractivity contribution in [1.82, 2.24) is 29.6 Å². The number of hydrogen-bond donors (Lipinski definition) is 1. The molecule has 0 bridgehead atoms. The van der Waals surface area contributed by atoms with E-state index in [2.05, 4.69) is 10.3 Å². The molecule has 0 radical (unpaired) electrons. The van der Waals surface area contributed by atoms with Crippen LogP contribution in [0.4, 0.5) is 9.59 Å². The summed E-state index contributed by atoms with van der Waals surface area (Å²) in [7, 11) is 1.92. The first-order chi connectivity index (χ1) is 10.6. The lowest BCUT2D eigenvalue weighted by Crippen LogP contribution is -2.55. The smallest absolute Gasteiger partial charge is 0.320 e. The highest BCUT2D eigenvalue weighted by Crippen LogP contribution is 2.22. The Morgan fingerprint density at radius 3 is 2.91 bits per heavy atom. The van der Waals surface area contributed by atoms with Gasteiger partial charge in [0, 0.05) is 52.2 Å². The van der Waals surface area contributed by atoms with E-state index in [4.69, 9.17) is 0 Å². The molecule has 0 aromatic carbocycles. The molecular formula is C14H22N6O2. The van der Waals surface area contributed by atoms with Crippen LogP contribution < -0.4 is 5.32 Å². The average Bonchev–Trinajstić information content (AvgIpc) is 3.04. The molecule has 1 atom stereocenters. The van der Waals surface area contributed by atoms with E-state index in [0.29, 0.717) is 39.3 Å². The Kier molecular flexibility index (Phi) is 3.91. The number of rotatable bonds is 3. The number of nitrogens with one attached hydrogen (secondary N) is 1. The lowest BCUT2D eigenvalue weighted by atomic mass is 10.2. The lowest BCUT2D eigenvalue weighted by molar-refractivity contribution is 0.129. The first-order valence-corrected chi connectivity index (χ1v) is 7.64. The first kappa shape index (κ1) is 14.7. The van der Waals surface area contributed by atoms with Crippen molar-refractivity contribution in [3.63, 3.8) is 0 Å². The Hall–Kier alpha value is -2.25. The van der Waals surface area contributed by atoms with Crippen LogP contribution >= 0.6 is 0 Å². The average molecular weight is 306 g/mol. The molecule has 0 aliphatic carbocycles. The SMILES string of the molecule is CCNC(=O)N1CCN2C(=O)N(Cc3nccn3C)CC2C1. The van der Waals surface area contributed by atoms with Gasteiger partial charge in [-0.05, 0) is 6.92 Å². The minimum atomic E-state index is -0.0443. The molecule has 0 saturated carbocycles. The van der Waals surface area contributed by atoms with Gasteiger partial charge in [0.05, 0.1) is 12.6 Å². The summed E-state index contributed by atoms with van der Waals surface area (Å²) in [5, 5.41) is 2.82. The van der Waals surface area contributed by atoms with Crippen LogP contribution in [0, 0.1) is 0 Å². The zero-order valence-corrected chi connectivity index (χ0v) is 13.0. The van der Waals surface area contributed by atoms with Gasteiger partial charge in [-0.25, -0.2) is 14.6 Å². The number of carbonyl (C=O) groups excluding carboxylic acids is 2. The molecule has 1 N–H and O–H groups in total. The van der Waals surface area contributed by atoms with Gasteiger partial charge in [-0.2, -0.15) is 0 Å². The summed E-state index contributed by atoms with van der Waals surface area (Å²) in [6.07, 6.45) is 3.61. The lowest BCUT2D eigenvalue weighted by Gasteiger charge is -2.36. The van der Waals surface area contributed by atoms with Gasteiger partial charge in [0.1, 0.15) is 5.82 Å². The number of aryl methyl sites for hydroxylation is 1. The fourth-order valence-electron chi connectivity index (χ4n) is 3.08. The highest BCUT2D eigenvalue weighted by Gasteiger charge is 2.41. The van der Waals surface area contributed by atoms with Crippen LogP contribution in [0.5, 0.6) is 0 Å². The molecule has 1 aromatic heterocycles. The molecule has 120 valence electrons. The van der Waals surface area contributed by atoms with Crippen molar-refractivity contribution in [3.05, 3.63) is 18.2 Å². The van der Waals surface area contributed by atoms with Crippen LogP contribution in [0.3, 0.4) is 0 Å². The number of urea groups is 2. The zero-order valence-electron chi connectivity index (χ0n) is 13.0. The number of carbonyl (C=O) groups is 2. The Labute approximate surface area is 129 Å². The second kappa shape index (κ2) is 5.86. The Morgan fingerprint density at radius 1 is 1.41 bits per heavy atom. The molecule has 1 aromatic rings. The fourth-order valence-corrected chi connectivity index (χ4v) is 3.08. The summed E-state index contributed by atoms with van der Waals surface area (Å²) in [6.45, 7) is 5.45. The second-order valence-corrected chi connectivity index (χ2v) is 5.75. The third-order valence-corrected chi connectivity index (χ3v) is 4.30. The number of hydrogen-bond acceptors (Lipinski definition) is 3. The maximum Gasteiger partial charge on any atom is 0.320 e. The normalized spacial score (nSPS) is 21.3. The third kappa shape index (κ3) is 2.60. The first-order valence-electron chi connectivity index (χ1n) is 7.64. The molecular weight excluding hydrogens is 284 g/mol. The number of aromatic nitrogens is 2. The molecule has 2 fully saturated rings. The minimum absolute atomic E-state index is 0.0443.